The molecule has 2 bridgehead atoms. The normalized spacial score (nSPS) is 33.3. The molecule has 2 aliphatic rings. The molecular weight excluding hydrogens is 464 g/mol. The van der Waals surface area contributed by atoms with Crippen molar-refractivity contribution >= 4 is 0 Å². The number of halogens is 12. The fourth-order valence-electron chi connectivity index (χ4n) is 6.09. The molecule has 2 rings (SSSR count). The average Bonchev–Trinajstić information content (AvgIpc) is 3.10. The summed E-state index contributed by atoms with van der Waals surface area (Å²) in [6.45, 7) is 2.67. The predicted molar refractivity (Wildman–Crippen MR) is 80.3 cm³/mol. The van der Waals surface area contributed by atoms with E-state index in [1.807, 2.05) is 0 Å². The van der Waals surface area contributed by atoms with Gasteiger partial charge in [0.05, 0.1) is 0 Å². The topological polar surface area (TPSA) is 40.5 Å². The quantitative estimate of drug-likeness (QED) is 0.508. The van der Waals surface area contributed by atoms with Crippen LogP contribution in [0.25, 0.3) is 0 Å². The van der Waals surface area contributed by atoms with E-state index < -0.39 is 77.8 Å². The molecule has 2 aliphatic carbocycles. The van der Waals surface area contributed by atoms with E-state index in [2.05, 4.69) is 0 Å². The van der Waals surface area contributed by atoms with Gasteiger partial charge < -0.3 is 10.2 Å². The Morgan fingerprint density at radius 3 is 0.935 bits per heavy atom. The van der Waals surface area contributed by atoms with Gasteiger partial charge in [0.25, 0.3) is 11.2 Å². The zero-order valence-electron chi connectivity index (χ0n) is 16.0. The van der Waals surface area contributed by atoms with Crippen molar-refractivity contribution in [2.45, 2.75) is 69.0 Å². The van der Waals surface area contributed by atoms with Crippen molar-refractivity contribution in [1.29, 1.82) is 0 Å². The van der Waals surface area contributed by atoms with E-state index in [1.165, 1.54) is 13.8 Å². The Hall–Kier alpha value is -0.920. The van der Waals surface area contributed by atoms with Gasteiger partial charge >= 0.3 is 24.7 Å². The molecule has 6 atom stereocenters. The van der Waals surface area contributed by atoms with E-state index in [0.717, 1.165) is 0 Å². The van der Waals surface area contributed by atoms with E-state index in [1.54, 1.807) is 0 Å². The molecule has 2 saturated carbocycles. The van der Waals surface area contributed by atoms with Crippen LogP contribution in [0, 0.1) is 35.5 Å². The summed E-state index contributed by atoms with van der Waals surface area (Å²) in [4.78, 5) is 0. The minimum atomic E-state index is -6.64. The highest BCUT2D eigenvalue weighted by Gasteiger charge is 2.86. The van der Waals surface area contributed by atoms with Gasteiger partial charge in [-0.15, -0.1) is 0 Å². The van der Waals surface area contributed by atoms with Crippen LogP contribution < -0.4 is 0 Å². The highest BCUT2D eigenvalue weighted by atomic mass is 19.4. The zero-order valence-corrected chi connectivity index (χ0v) is 16.0. The maximum Gasteiger partial charge on any atom is 0.426 e. The van der Waals surface area contributed by atoms with Crippen LogP contribution in [0.4, 0.5) is 52.7 Å². The molecule has 6 unspecified atom stereocenters. The minimum Gasteiger partial charge on any atom is -0.373 e. The van der Waals surface area contributed by atoms with Crippen LogP contribution in [0.3, 0.4) is 0 Å². The first kappa shape index (κ1) is 26.3. The molecule has 14 heteroatoms. The summed E-state index contributed by atoms with van der Waals surface area (Å²) in [5.41, 5.74) is -11.7. The van der Waals surface area contributed by atoms with Crippen LogP contribution in [-0.2, 0) is 0 Å². The van der Waals surface area contributed by atoms with Crippen LogP contribution in [0.15, 0.2) is 0 Å². The lowest BCUT2D eigenvalue weighted by molar-refractivity contribution is -0.429. The minimum absolute atomic E-state index is 0.120. The Labute approximate surface area is 168 Å². The summed E-state index contributed by atoms with van der Waals surface area (Å²) in [6, 6.07) is 0. The summed E-state index contributed by atoms with van der Waals surface area (Å²) >= 11 is 0. The van der Waals surface area contributed by atoms with Gasteiger partial charge in [-0.2, -0.15) is 52.7 Å². The lowest BCUT2D eigenvalue weighted by Gasteiger charge is -2.53. The van der Waals surface area contributed by atoms with E-state index in [-0.39, 0.29) is 12.8 Å². The monoisotopic (exact) mass is 484 g/mol. The Morgan fingerprint density at radius 2 is 0.774 bits per heavy atom. The fourth-order valence-corrected chi connectivity index (χ4v) is 6.09. The average molecular weight is 484 g/mol. The standard InChI is InChI=1S/C17H20F12O2/c1-3-6-7(4-2)9-5-8(6)10(12(30,14(18,19)20)15(21,22)23)11(9)13(31,16(24,25)26)17(27,28)29/h6-11,30-31H,3-5H2,1-2H3. The first-order valence-corrected chi connectivity index (χ1v) is 9.34. The summed E-state index contributed by atoms with van der Waals surface area (Å²) in [6.07, 6.45) is -27.6. The number of rotatable bonds is 4. The molecule has 0 amide bonds. The molecule has 2 fully saturated rings. The van der Waals surface area contributed by atoms with Gasteiger partial charge in [-0.3, -0.25) is 0 Å². The fraction of sp³-hybridized carbons (Fsp3) is 1.00. The first-order valence-electron chi connectivity index (χ1n) is 9.34. The van der Waals surface area contributed by atoms with E-state index in [4.69, 9.17) is 0 Å². The number of alkyl halides is 12. The van der Waals surface area contributed by atoms with Gasteiger partial charge in [-0.05, 0) is 30.1 Å². The first-order chi connectivity index (χ1) is 13.6. The highest BCUT2D eigenvalue weighted by Crippen LogP contribution is 2.71. The molecule has 184 valence electrons. The van der Waals surface area contributed by atoms with Gasteiger partial charge in [-0.25, -0.2) is 0 Å². The smallest absolute Gasteiger partial charge is 0.373 e. The molecule has 0 aromatic carbocycles. The summed E-state index contributed by atoms with van der Waals surface area (Å²) in [5, 5.41) is 19.7. The second-order valence-corrected chi connectivity index (χ2v) is 8.28. The van der Waals surface area contributed by atoms with Crippen LogP contribution in [0.2, 0.25) is 0 Å². The maximum absolute atomic E-state index is 13.5. The van der Waals surface area contributed by atoms with Gasteiger partial charge in [0, 0.05) is 11.8 Å². The third-order valence-electron chi connectivity index (χ3n) is 7.14. The van der Waals surface area contributed by atoms with Crippen LogP contribution in [-0.4, -0.2) is 46.1 Å². The molecule has 0 aromatic heterocycles. The highest BCUT2D eigenvalue weighted by molar-refractivity contribution is 5.20. The third-order valence-corrected chi connectivity index (χ3v) is 7.14. The zero-order chi connectivity index (χ0) is 24.6. The van der Waals surface area contributed by atoms with Gasteiger partial charge in [-0.1, -0.05) is 26.7 Å². The van der Waals surface area contributed by atoms with Crippen molar-refractivity contribution in [2.75, 3.05) is 0 Å². The number of aliphatic hydroxyl groups is 2. The van der Waals surface area contributed by atoms with E-state index in [0.29, 0.717) is 0 Å². The molecule has 31 heavy (non-hydrogen) atoms. The van der Waals surface area contributed by atoms with Crippen molar-refractivity contribution in [3.05, 3.63) is 0 Å². The van der Waals surface area contributed by atoms with Crippen LogP contribution >= 0.6 is 0 Å². The molecule has 2 nitrogen and oxygen atoms in total. The van der Waals surface area contributed by atoms with E-state index in [9.17, 15) is 62.9 Å². The molecule has 0 spiro atoms. The summed E-state index contributed by atoms with van der Waals surface area (Å²) in [7, 11) is 0. The van der Waals surface area contributed by atoms with Gasteiger partial charge in [0.1, 0.15) is 0 Å². The molecule has 2 N–H and O–H groups in total. The molecule has 0 aromatic rings. The number of fused-ring (bicyclic) bond motifs is 2. The molecule has 0 aliphatic heterocycles. The largest absolute Gasteiger partial charge is 0.426 e. The Bertz CT molecular complexity index is 578. The SMILES string of the molecule is CCC1C(CC)C2CC1C(C(O)(C(F)(F)F)C(F)(F)F)C2C(O)(C(F)(F)F)C(F)(F)F. The Morgan fingerprint density at radius 1 is 0.548 bits per heavy atom. The van der Waals surface area contributed by atoms with Crippen molar-refractivity contribution in [3.63, 3.8) is 0 Å². The van der Waals surface area contributed by atoms with Gasteiger partial charge in [0.15, 0.2) is 0 Å². The maximum atomic E-state index is 13.5. The van der Waals surface area contributed by atoms with Crippen LogP contribution in [0.5, 0.6) is 0 Å². The van der Waals surface area contributed by atoms with Crippen molar-refractivity contribution in [3.8, 4) is 0 Å². The molecular formula is C17H20F12O2. The molecule has 0 saturated heterocycles. The van der Waals surface area contributed by atoms with Crippen molar-refractivity contribution in [1.82, 2.24) is 0 Å². The Kier molecular flexibility index (Phi) is 6.19. The predicted octanol–water partition coefficient (Wildman–Crippen LogP) is 5.63. The lowest BCUT2D eigenvalue weighted by Crippen LogP contribution is -2.72. The second-order valence-electron chi connectivity index (χ2n) is 8.28. The van der Waals surface area contributed by atoms with Crippen LogP contribution in [0.1, 0.15) is 33.1 Å². The molecule has 0 heterocycles. The summed E-state index contributed by atoms with van der Waals surface area (Å²) in [5.74, 6) is -13.3. The van der Waals surface area contributed by atoms with Crippen molar-refractivity contribution < 1.29 is 62.9 Å². The summed E-state index contributed by atoms with van der Waals surface area (Å²) < 4.78 is 162. The second kappa shape index (κ2) is 7.29. The Balaban J connectivity index is 2.89. The van der Waals surface area contributed by atoms with E-state index >= 15 is 0 Å². The van der Waals surface area contributed by atoms with Crippen molar-refractivity contribution in [2.24, 2.45) is 35.5 Å². The van der Waals surface area contributed by atoms with Gasteiger partial charge in [0.2, 0.25) is 0 Å². The number of hydrogen-bond acceptors (Lipinski definition) is 2. The third kappa shape index (κ3) is 3.41. The number of hydrogen-bond donors (Lipinski definition) is 2. The lowest BCUT2D eigenvalue weighted by atomic mass is 9.56. The molecule has 0 radical (unpaired) electrons.